The summed E-state index contributed by atoms with van der Waals surface area (Å²) < 4.78 is 5.55. The second-order valence-electron chi connectivity index (χ2n) is 3.65. The zero-order valence-electron chi connectivity index (χ0n) is 9.54. The number of benzene rings is 1. The first-order valence-electron chi connectivity index (χ1n) is 5.32. The van der Waals surface area contributed by atoms with E-state index in [1.54, 1.807) is 30.3 Å². The molecule has 3 N–H and O–H groups in total. The summed E-state index contributed by atoms with van der Waals surface area (Å²) in [6, 6.07) is 10.1. The van der Waals surface area contributed by atoms with Crippen LogP contribution in [-0.2, 0) is 6.61 Å². The zero-order valence-corrected chi connectivity index (χ0v) is 9.54. The van der Waals surface area contributed by atoms with Crippen molar-refractivity contribution in [2.75, 3.05) is 0 Å². The fourth-order valence-corrected chi connectivity index (χ4v) is 1.45. The Hall–Kier alpha value is -2.40. The normalized spacial score (nSPS) is 10.1. The molecular formula is C13H12N2O3. The maximum atomic E-state index is 11.0. The predicted octanol–water partition coefficient (Wildman–Crippen LogP) is 1.47. The molecule has 2 rings (SSSR count). The lowest BCUT2D eigenvalue weighted by Gasteiger charge is -2.07. The van der Waals surface area contributed by atoms with Gasteiger partial charge in [-0.3, -0.25) is 9.78 Å². The Morgan fingerprint density at radius 3 is 2.78 bits per heavy atom. The van der Waals surface area contributed by atoms with Crippen LogP contribution in [0.4, 0.5) is 0 Å². The average molecular weight is 244 g/mol. The quantitative estimate of drug-likeness (QED) is 0.852. The molecule has 0 aliphatic carbocycles. The first-order valence-corrected chi connectivity index (χ1v) is 5.32. The minimum Gasteiger partial charge on any atom is -0.457 e. The van der Waals surface area contributed by atoms with Gasteiger partial charge in [-0.2, -0.15) is 0 Å². The van der Waals surface area contributed by atoms with E-state index in [1.807, 2.05) is 0 Å². The highest BCUT2D eigenvalue weighted by molar-refractivity contribution is 5.91. The number of nitrogens with zero attached hydrogens (tertiary/aromatic N) is 1. The Balaban J connectivity index is 2.22. The molecule has 0 unspecified atom stereocenters. The molecule has 5 heteroatoms. The molecule has 0 bridgehead atoms. The van der Waals surface area contributed by atoms with Crippen LogP contribution in [0, 0.1) is 0 Å². The summed E-state index contributed by atoms with van der Waals surface area (Å²) >= 11 is 0. The van der Waals surface area contributed by atoms with Crippen molar-refractivity contribution in [3.05, 3.63) is 53.9 Å². The van der Waals surface area contributed by atoms with Crippen molar-refractivity contribution in [3.63, 3.8) is 0 Å². The molecule has 5 nitrogen and oxygen atoms in total. The largest absolute Gasteiger partial charge is 0.457 e. The summed E-state index contributed by atoms with van der Waals surface area (Å²) in [6.45, 7) is -0.0555. The number of nitrogens with two attached hydrogens (primary N) is 1. The Morgan fingerprint density at radius 1 is 1.28 bits per heavy atom. The van der Waals surface area contributed by atoms with E-state index in [-0.39, 0.29) is 12.3 Å². The Kier molecular flexibility index (Phi) is 3.54. The number of hydrogen-bond donors (Lipinski definition) is 2. The Morgan fingerprint density at radius 2 is 2.06 bits per heavy atom. The number of aromatic nitrogens is 1. The number of carbonyl (C=O) groups excluding carboxylic acids is 1. The molecular weight excluding hydrogens is 232 g/mol. The maximum absolute atomic E-state index is 11.0. The van der Waals surface area contributed by atoms with Gasteiger partial charge in [0.15, 0.2) is 0 Å². The first-order chi connectivity index (χ1) is 8.69. The summed E-state index contributed by atoms with van der Waals surface area (Å²) in [7, 11) is 0. The number of pyridine rings is 1. The van der Waals surface area contributed by atoms with Crippen molar-refractivity contribution in [1.29, 1.82) is 0 Å². The lowest BCUT2D eigenvalue weighted by molar-refractivity contribution is 0.0995. The molecule has 1 aromatic carbocycles. The summed E-state index contributed by atoms with van der Waals surface area (Å²) in [6.07, 6.45) is 1.45. The number of rotatable bonds is 4. The van der Waals surface area contributed by atoms with Crippen LogP contribution in [0.2, 0.25) is 0 Å². The van der Waals surface area contributed by atoms with Gasteiger partial charge in [0, 0.05) is 12.3 Å². The van der Waals surface area contributed by atoms with Gasteiger partial charge in [-0.15, -0.1) is 0 Å². The number of amides is 1. The van der Waals surface area contributed by atoms with Crippen LogP contribution in [0.25, 0.3) is 0 Å². The van der Waals surface area contributed by atoms with Crippen molar-refractivity contribution < 1.29 is 14.6 Å². The minimum absolute atomic E-state index is 0.0555. The summed E-state index contributed by atoms with van der Waals surface area (Å²) in [4.78, 5) is 14.8. The van der Waals surface area contributed by atoms with E-state index in [9.17, 15) is 4.79 Å². The zero-order chi connectivity index (χ0) is 13.0. The highest BCUT2D eigenvalue weighted by Crippen LogP contribution is 2.22. The molecule has 1 aromatic heterocycles. The molecule has 0 spiro atoms. The number of primary amides is 1. The van der Waals surface area contributed by atoms with Gasteiger partial charge >= 0.3 is 0 Å². The lowest BCUT2D eigenvalue weighted by Crippen LogP contribution is -2.12. The summed E-state index contributed by atoms with van der Waals surface area (Å²) in [5.74, 6) is 0.432. The lowest BCUT2D eigenvalue weighted by atomic mass is 10.2. The third-order valence-electron chi connectivity index (χ3n) is 2.30. The highest BCUT2D eigenvalue weighted by atomic mass is 16.5. The first kappa shape index (κ1) is 12.1. The van der Waals surface area contributed by atoms with E-state index in [1.165, 1.54) is 12.3 Å². The standard InChI is InChI=1S/C13H12N2O3/c14-13(17)12-7-11(4-5-15-12)18-10-3-1-2-9(6-10)8-16/h1-7,16H,8H2,(H2,14,17). The van der Waals surface area contributed by atoms with Crippen LogP contribution in [0.1, 0.15) is 16.1 Å². The van der Waals surface area contributed by atoms with Crippen molar-refractivity contribution in [2.45, 2.75) is 6.61 Å². The SMILES string of the molecule is NC(=O)c1cc(Oc2cccc(CO)c2)ccn1. The molecule has 0 radical (unpaired) electrons. The van der Waals surface area contributed by atoms with Crippen molar-refractivity contribution >= 4 is 5.91 Å². The number of aliphatic hydroxyl groups is 1. The monoisotopic (exact) mass is 244 g/mol. The van der Waals surface area contributed by atoms with E-state index < -0.39 is 5.91 Å². The smallest absolute Gasteiger partial charge is 0.267 e. The fourth-order valence-electron chi connectivity index (χ4n) is 1.45. The average Bonchev–Trinajstić information content (AvgIpc) is 2.39. The van der Waals surface area contributed by atoms with Gasteiger partial charge in [0.05, 0.1) is 6.61 Å². The van der Waals surface area contributed by atoms with Gasteiger partial charge in [0.2, 0.25) is 0 Å². The van der Waals surface area contributed by atoms with Crippen LogP contribution >= 0.6 is 0 Å². The second kappa shape index (κ2) is 5.29. The number of ether oxygens (including phenoxy) is 1. The number of hydrogen-bond acceptors (Lipinski definition) is 4. The molecule has 0 atom stereocenters. The van der Waals surface area contributed by atoms with E-state index in [2.05, 4.69) is 4.98 Å². The molecule has 0 aliphatic heterocycles. The maximum Gasteiger partial charge on any atom is 0.267 e. The Labute approximate surface area is 104 Å². The molecule has 1 heterocycles. The molecule has 0 aliphatic rings. The Bertz CT molecular complexity index is 570. The van der Waals surface area contributed by atoms with Gasteiger partial charge in [-0.1, -0.05) is 12.1 Å². The van der Waals surface area contributed by atoms with E-state index in [0.717, 1.165) is 5.56 Å². The van der Waals surface area contributed by atoms with E-state index in [0.29, 0.717) is 11.5 Å². The fraction of sp³-hybridized carbons (Fsp3) is 0.0769. The molecule has 0 saturated heterocycles. The van der Waals surface area contributed by atoms with Crippen LogP contribution < -0.4 is 10.5 Å². The molecule has 1 amide bonds. The van der Waals surface area contributed by atoms with Crippen LogP contribution in [0.15, 0.2) is 42.6 Å². The molecule has 0 fully saturated rings. The van der Waals surface area contributed by atoms with Crippen molar-refractivity contribution in [2.24, 2.45) is 5.73 Å². The van der Waals surface area contributed by atoms with Crippen LogP contribution in [-0.4, -0.2) is 16.0 Å². The second-order valence-corrected chi connectivity index (χ2v) is 3.65. The molecule has 92 valence electrons. The van der Waals surface area contributed by atoms with Gasteiger partial charge in [0.1, 0.15) is 17.2 Å². The predicted molar refractivity (Wildman–Crippen MR) is 65.2 cm³/mol. The van der Waals surface area contributed by atoms with Gasteiger partial charge < -0.3 is 15.6 Å². The van der Waals surface area contributed by atoms with Crippen molar-refractivity contribution in [3.8, 4) is 11.5 Å². The van der Waals surface area contributed by atoms with Gasteiger partial charge in [-0.25, -0.2) is 0 Å². The van der Waals surface area contributed by atoms with E-state index >= 15 is 0 Å². The van der Waals surface area contributed by atoms with Gasteiger partial charge in [0.25, 0.3) is 5.91 Å². The van der Waals surface area contributed by atoms with Crippen LogP contribution in [0.3, 0.4) is 0 Å². The van der Waals surface area contributed by atoms with Crippen molar-refractivity contribution in [1.82, 2.24) is 4.98 Å². The van der Waals surface area contributed by atoms with Crippen LogP contribution in [0.5, 0.6) is 11.5 Å². The minimum atomic E-state index is -0.607. The topological polar surface area (TPSA) is 85.4 Å². The molecule has 0 saturated carbocycles. The number of aliphatic hydroxyl groups excluding tert-OH is 1. The molecule has 2 aromatic rings. The summed E-state index contributed by atoms with van der Waals surface area (Å²) in [5, 5.41) is 9.02. The van der Waals surface area contributed by atoms with E-state index in [4.69, 9.17) is 15.6 Å². The third kappa shape index (κ3) is 2.83. The number of carbonyl (C=O) groups is 1. The molecule has 18 heavy (non-hydrogen) atoms. The highest BCUT2D eigenvalue weighted by Gasteiger charge is 2.04. The summed E-state index contributed by atoms with van der Waals surface area (Å²) in [5.41, 5.74) is 6.02. The third-order valence-corrected chi connectivity index (χ3v) is 2.30. The van der Waals surface area contributed by atoms with Gasteiger partial charge in [-0.05, 0) is 23.8 Å².